The minimum absolute atomic E-state index is 0.207. The van der Waals surface area contributed by atoms with Crippen molar-refractivity contribution in [3.63, 3.8) is 0 Å². The average Bonchev–Trinajstić information content (AvgIpc) is 3.09. The van der Waals surface area contributed by atoms with Gasteiger partial charge in [0, 0.05) is 25.7 Å². The maximum Gasteiger partial charge on any atom is 0.279 e. The molecule has 30 heavy (non-hydrogen) atoms. The molecule has 1 aliphatic rings. The maximum atomic E-state index is 12.8. The van der Waals surface area contributed by atoms with Crippen molar-refractivity contribution in [1.82, 2.24) is 8.87 Å². The van der Waals surface area contributed by atoms with Crippen LogP contribution in [0.5, 0.6) is 5.75 Å². The van der Waals surface area contributed by atoms with Crippen molar-refractivity contribution >= 4 is 37.5 Å². The monoisotopic (exact) mass is 445 g/mol. The minimum atomic E-state index is -3.52. The summed E-state index contributed by atoms with van der Waals surface area (Å²) >= 11 is 1.40. The Kier molecular flexibility index (Phi) is 5.77. The van der Waals surface area contributed by atoms with E-state index in [2.05, 4.69) is 4.99 Å². The van der Waals surface area contributed by atoms with Gasteiger partial charge in [0.25, 0.3) is 5.91 Å². The third kappa shape index (κ3) is 3.80. The lowest BCUT2D eigenvalue weighted by molar-refractivity contribution is 0.0998. The van der Waals surface area contributed by atoms with Crippen molar-refractivity contribution in [2.24, 2.45) is 12.0 Å². The van der Waals surface area contributed by atoms with Crippen LogP contribution in [0.4, 0.5) is 0 Å². The van der Waals surface area contributed by atoms with E-state index < -0.39 is 15.9 Å². The number of methoxy groups -OCH3 is 1. The Labute approximate surface area is 179 Å². The Morgan fingerprint density at radius 3 is 2.43 bits per heavy atom. The Hall–Kier alpha value is -2.49. The van der Waals surface area contributed by atoms with Gasteiger partial charge in [0.1, 0.15) is 11.3 Å². The molecule has 4 rings (SSSR count). The van der Waals surface area contributed by atoms with Crippen molar-refractivity contribution in [3.05, 3.63) is 52.8 Å². The zero-order valence-electron chi connectivity index (χ0n) is 16.9. The molecule has 3 aromatic rings. The molecule has 1 aliphatic heterocycles. The van der Waals surface area contributed by atoms with Crippen LogP contribution in [0.3, 0.4) is 0 Å². The van der Waals surface area contributed by atoms with Gasteiger partial charge < -0.3 is 9.30 Å². The fraction of sp³-hybridized carbons (Fsp3) is 0.333. The molecular formula is C21H23N3O4S2. The molecule has 1 amide bonds. The van der Waals surface area contributed by atoms with E-state index >= 15 is 0 Å². The molecule has 0 bridgehead atoms. The van der Waals surface area contributed by atoms with E-state index in [0.29, 0.717) is 29.2 Å². The number of rotatable bonds is 4. The first-order valence-corrected chi connectivity index (χ1v) is 12.0. The molecule has 0 aliphatic carbocycles. The number of aryl methyl sites for hydroxylation is 1. The van der Waals surface area contributed by atoms with Crippen molar-refractivity contribution in [3.8, 4) is 5.75 Å². The third-order valence-electron chi connectivity index (χ3n) is 5.26. The molecule has 2 aromatic carbocycles. The molecule has 0 spiro atoms. The summed E-state index contributed by atoms with van der Waals surface area (Å²) in [6.45, 7) is 1.09. The van der Waals surface area contributed by atoms with E-state index in [1.54, 1.807) is 7.11 Å². The van der Waals surface area contributed by atoms with Gasteiger partial charge in [-0.2, -0.15) is 9.30 Å². The van der Waals surface area contributed by atoms with Crippen molar-refractivity contribution < 1.29 is 17.9 Å². The predicted octanol–water partition coefficient (Wildman–Crippen LogP) is 3.16. The number of nitrogens with zero attached hydrogens (tertiary/aromatic N) is 3. The number of carbonyl (C=O) groups excluding carboxylic acids is 1. The number of benzene rings is 2. The largest absolute Gasteiger partial charge is 0.495 e. The van der Waals surface area contributed by atoms with Gasteiger partial charge in [-0.3, -0.25) is 4.79 Å². The van der Waals surface area contributed by atoms with Crippen LogP contribution in [0.2, 0.25) is 0 Å². The number of amides is 1. The summed E-state index contributed by atoms with van der Waals surface area (Å²) in [7, 11) is -0.0795. The highest BCUT2D eigenvalue weighted by molar-refractivity contribution is 7.89. The quantitative estimate of drug-likeness (QED) is 0.618. The Morgan fingerprint density at radius 1 is 1.07 bits per heavy atom. The van der Waals surface area contributed by atoms with E-state index in [9.17, 15) is 13.2 Å². The summed E-state index contributed by atoms with van der Waals surface area (Å²) in [6.07, 6.45) is 2.82. The second kappa shape index (κ2) is 8.33. The van der Waals surface area contributed by atoms with E-state index in [-0.39, 0.29) is 4.90 Å². The molecule has 0 unspecified atom stereocenters. The highest BCUT2D eigenvalue weighted by Crippen LogP contribution is 2.26. The summed E-state index contributed by atoms with van der Waals surface area (Å²) in [4.78, 5) is 17.7. The van der Waals surface area contributed by atoms with Crippen LogP contribution in [0.25, 0.3) is 10.2 Å². The number of carbonyl (C=O) groups is 1. The van der Waals surface area contributed by atoms with Crippen LogP contribution in [-0.2, 0) is 17.1 Å². The molecule has 9 heteroatoms. The summed E-state index contributed by atoms with van der Waals surface area (Å²) in [5.41, 5.74) is 1.22. The lowest BCUT2D eigenvalue weighted by Gasteiger charge is -2.25. The highest BCUT2D eigenvalue weighted by atomic mass is 32.2. The number of ether oxygens (including phenoxy) is 1. The molecule has 7 nitrogen and oxygen atoms in total. The minimum Gasteiger partial charge on any atom is -0.495 e. The Morgan fingerprint density at radius 2 is 1.77 bits per heavy atom. The smallest absolute Gasteiger partial charge is 0.279 e. The van der Waals surface area contributed by atoms with Crippen molar-refractivity contribution in [2.45, 2.75) is 24.2 Å². The van der Waals surface area contributed by atoms with E-state index in [1.165, 1.54) is 39.9 Å². The summed E-state index contributed by atoms with van der Waals surface area (Å²) in [6, 6.07) is 11.7. The first-order chi connectivity index (χ1) is 14.4. The Balaban J connectivity index is 1.63. The van der Waals surface area contributed by atoms with Gasteiger partial charge in [-0.05, 0) is 49.2 Å². The first-order valence-electron chi connectivity index (χ1n) is 9.73. The fourth-order valence-electron chi connectivity index (χ4n) is 3.62. The van der Waals surface area contributed by atoms with Crippen LogP contribution in [0, 0.1) is 0 Å². The molecule has 1 saturated heterocycles. The summed E-state index contributed by atoms with van der Waals surface area (Å²) in [5, 5.41) is 0. The number of fused-ring (bicyclic) bond motifs is 1. The topological polar surface area (TPSA) is 81.0 Å². The molecule has 2 heterocycles. The molecule has 1 fully saturated rings. The molecule has 1 aromatic heterocycles. The predicted molar refractivity (Wildman–Crippen MR) is 116 cm³/mol. The molecule has 0 saturated carbocycles. The van der Waals surface area contributed by atoms with Gasteiger partial charge >= 0.3 is 0 Å². The Bertz CT molecular complexity index is 1250. The lowest BCUT2D eigenvalue weighted by atomic mass is 10.2. The van der Waals surface area contributed by atoms with Gasteiger partial charge in [0.05, 0.1) is 16.7 Å². The van der Waals surface area contributed by atoms with E-state index in [4.69, 9.17) is 4.74 Å². The maximum absolute atomic E-state index is 12.8. The number of thiazole rings is 1. The van der Waals surface area contributed by atoms with Gasteiger partial charge in [0.15, 0.2) is 4.80 Å². The molecular weight excluding hydrogens is 422 g/mol. The van der Waals surface area contributed by atoms with E-state index in [0.717, 1.165) is 29.5 Å². The van der Waals surface area contributed by atoms with Crippen LogP contribution in [0.15, 0.2) is 52.4 Å². The zero-order chi connectivity index (χ0) is 21.3. The fourth-order valence-corrected chi connectivity index (χ4v) is 6.17. The second-order valence-electron chi connectivity index (χ2n) is 7.16. The number of aromatic nitrogens is 1. The van der Waals surface area contributed by atoms with E-state index in [1.807, 2.05) is 29.8 Å². The second-order valence-corrected chi connectivity index (χ2v) is 10.1. The van der Waals surface area contributed by atoms with Gasteiger partial charge in [0.2, 0.25) is 10.0 Å². The van der Waals surface area contributed by atoms with Crippen molar-refractivity contribution in [2.75, 3.05) is 20.2 Å². The van der Waals surface area contributed by atoms with Crippen molar-refractivity contribution in [1.29, 1.82) is 0 Å². The van der Waals surface area contributed by atoms with Gasteiger partial charge in [-0.1, -0.05) is 23.8 Å². The number of hydrogen-bond donors (Lipinski definition) is 0. The van der Waals surface area contributed by atoms with Gasteiger partial charge in [-0.15, -0.1) is 0 Å². The normalized spacial score (nSPS) is 16.1. The third-order valence-corrected chi connectivity index (χ3v) is 8.27. The standard InChI is InChI=1S/C21H23N3O4S2/c1-23-19-17(28-2)7-6-8-18(19)29-21(23)22-20(25)15-9-11-16(12-10-15)30(26,27)24-13-4-3-5-14-24/h6-12H,3-5,13-14H2,1-2H3. The SMILES string of the molecule is COc1cccc2sc(=NC(=O)c3ccc(S(=O)(=O)N4CCCCC4)cc3)n(C)c12. The van der Waals surface area contributed by atoms with Crippen LogP contribution < -0.4 is 9.54 Å². The summed E-state index contributed by atoms with van der Waals surface area (Å²) < 4.78 is 35.2. The number of hydrogen-bond acceptors (Lipinski definition) is 5. The number of sulfonamides is 1. The molecule has 0 radical (unpaired) electrons. The first kappa shape index (κ1) is 20.8. The average molecular weight is 446 g/mol. The highest BCUT2D eigenvalue weighted by Gasteiger charge is 2.26. The lowest BCUT2D eigenvalue weighted by Crippen LogP contribution is -2.35. The van der Waals surface area contributed by atoms with Crippen LogP contribution >= 0.6 is 11.3 Å². The number of para-hydroxylation sites is 1. The number of piperidine rings is 1. The zero-order valence-corrected chi connectivity index (χ0v) is 18.5. The van der Waals surface area contributed by atoms with Crippen LogP contribution in [0.1, 0.15) is 29.6 Å². The summed E-state index contributed by atoms with van der Waals surface area (Å²) in [5.74, 6) is 0.297. The van der Waals surface area contributed by atoms with Gasteiger partial charge in [-0.25, -0.2) is 8.42 Å². The molecule has 0 atom stereocenters. The molecule has 158 valence electrons. The molecule has 0 N–H and O–H groups in total. The van der Waals surface area contributed by atoms with Crippen LogP contribution in [-0.4, -0.2) is 43.4 Å².